The number of hydrogen-bond donors (Lipinski definition) is 1. The van der Waals surface area contributed by atoms with Crippen LogP contribution < -0.4 is 9.46 Å². The summed E-state index contributed by atoms with van der Waals surface area (Å²) in [5.41, 5.74) is 0.859. The number of hydrogen-bond acceptors (Lipinski definition) is 5. The zero-order valence-corrected chi connectivity index (χ0v) is 16.2. The number of sulfonamides is 1. The third-order valence-electron chi connectivity index (χ3n) is 3.40. The van der Waals surface area contributed by atoms with E-state index < -0.39 is 16.0 Å². The van der Waals surface area contributed by atoms with Gasteiger partial charge in [0.2, 0.25) is 10.0 Å². The lowest BCUT2D eigenvalue weighted by atomic mass is 10.2. The summed E-state index contributed by atoms with van der Waals surface area (Å²) in [6, 6.07) is 11.0. The molecule has 1 N–H and O–H groups in total. The molecule has 0 atom stereocenters. The topological polar surface area (TPSA) is 81.7 Å². The first kappa shape index (κ1) is 20.2. The highest BCUT2D eigenvalue weighted by Crippen LogP contribution is 2.23. The van der Waals surface area contributed by atoms with Crippen LogP contribution in [0.3, 0.4) is 0 Å². The summed E-state index contributed by atoms with van der Waals surface area (Å²) in [6.45, 7) is 3.92. The van der Waals surface area contributed by atoms with Crippen LogP contribution in [0.1, 0.15) is 29.8 Å². The zero-order valence-electron chi connectivity index (χ0n) is 14.7. The quantitative estimate of drug-likeness (QED) is 0.724. The van der Waals surface area contributed by atoms with Crippen molar-refractivity contribution in [3.05, 3.63) is 58.6 Å². The number of halogens is 1. The minimum absolute atomic E-state index is 0.0193. The van der Waals surface area contributed by atoms with Gasteiger partial charge in [-0.1, -0.05) is 23.7 Å². The molecule has 0 radical (unpaired) electrons. The Labute approximate surface area is 158 Å². The van der Waals surface area contributed by atoms with Crippen molar-refractivity contribution >= 4 is 27.6 Å². The molecule has 2 aromatic rings. The van der Waals surface area contributed by atoms with Gasteiger partial charge < -0.3 is 9.47 Å². The van der Waals surface area contributed by atoms with E-state index in [0.29, 0.717) is 5.75 Å². The first-order valence-corrected chi connectivity index (χ1v) is 9.72. The van der Waals surface area contributed by atoms with E-state index in [2.05, 4.69) is 9.46 Å². The van der Waals surface area contributed by atoms with E-state index in [1.54, 1.807) is 24.3 Å². The van der Waals surface area contributed by atoms with Gasteiger partial charge in [0.05, 0.1) is 23.8 Å². The van der Waals surface area contributed by atoms with Gasteiger partial charge in [-0.3, -0.25) is 0 Å². The van der Waals surface area contributed by atoms with E-state index in [4.69, 9.17) is 16.3 Å². The molecule has 0 aliphatic rings. The maximum Gasteiger partial charge on any atom is 0.337 e. The van der Waals surface area contributed by atoms with Crippen LogP contribution in [-0.2, 0) is 21.3 Å². The molecule has 26 heavy (non-hydrogen) atoms. The van der Waals surface area contributed by atoms with Gasteiger partial charge in [0.1, 0.15) is 10.6 Å². The zero-order chi connectivity index (χ0) is 19.3. The largest absolute Gasteiger partial charge is 0.491 e. The number of methoxy groups -OCH3 is 1. The predicted molar refractivity (Wildman–Crippen MR) is 99.0 cm³/mol. The molecular weight excluding hydrogens is 378 g/mol. The Bertz CT molecular complexity index is 879. The fraction of sp³-hybridized carbons (Fsp3) is 0.278. The standard InChI is InChI=1S/C18H20ClNO5S/c1-12(2)25-15-7-4-13(5-8-15)11-20-26(22,23)17-10-14(18(21)24-3)6-9-16(17)19/h4-10,12,20H,11H2,1-3H3. The lowest BCUT2D eigenvalue weighted by molar-refractivity contribution is 0.0600. The van der Waals surface area contributed by atoms with Crippen LogP contribution in [0.4, 0.5) is 0 Å². The Hall–Kier alpha value is -2.09. The molecule has 0 unspecified atom stereocenters. The third kappa shape index (κ3) is 5.20. The molecule has 0 aromatic heterocycles. The van der Waals surface area contributed by atoms with Crippen LogP contribution in [0, 0.1) is 0 Å². The normalized spacial score (nSPS) is 11.4. The lowest BCUT2D eigenvalue weighted by Gasteiger charge is -2.11. The fourth-order valence-electron chi connectivity index (χ4n) is 2.17. The second-order valence-electron chi connectivity index (χ2n) is 5.77. The molecule has 2 rings (SSSR count). The summed E-state index contributed by atoms with van der Waals surface area (Å²) in [7, 11) is -2.69. The Morgan fingerprint density at radius 3 is 2.38 bits per heavy atom. The molecule has 0 saturated carbocycles. The molecule has 0 spiro atoms. The molecule has 0 aliphatic carbocycles. The van der Waals surface area contributed by atoms with E-state index in [-0.39, 0.29) is 28.1 Å². The molecule has 140 valence electrons. The maximum atomic E-state index is 12.5. The molecule has 0 bridgehead atoms. The van der Waals surface area contributed by atoms with Gasteiger partial charge in [0, 0.05) is 6.54 Å². The second-order valence-corrected chi connectivity index (χ2v) is 7.91. The molecule has 6 nitrogen and oxygen atoms in total. The Balaban J connectivity index is 2.15. The number of rotatable bonds is 7. The van der Waals surface area contributed by atoms with Crippen LogP contribution in [-0.4, -0.2) is 27.6 Å². The van der Waals surface area contributed by atoms with Gasteiger partial charge in [0.15, 0.2) is 0 Å². The van der Waals surface area contributed by atoms with E-state index >= 15 is 0 Å². The first-order valence-electron chi connectivity index (χ1n) is 7.86. The molecule has 0 aliphatic heterocycles. The molecule has 0 saturated heterocycles. The average molecular weight is 398 g/mol. The van der Waals surface area contributed by atoms with E-state index in [1.165, 1.54) is 25.3 Å². The summed E-state index contributed by atoms with van der Waals surface area (Å²) in [5.74, 6) is 0.0688. The highest BCUT2D eigenvalue weighted by molar-refractivity contribution is 7.89. The van der Waals surface area contributed by atoms with Crippen molar-refractivity contribution in [1.29, 1.82) is 0 Å². The lowest BCUT2D eigenvalue weighted by Crippen LogP contribution is -2.24. The van der Waals surface area contributed by atoms with Crippen molar-refractivity contribution in [3.8, 4) is 5.75 Å². The molecule has 0 amide bonds. The first-order chi connectivity index (χ1) is 12.2. The van der Waals surface area contributed by atoms with E-state index in [9.17, 15) is 13.2 Å². The Kier molecular flexibility index (Phi) is 6.63. The predicted octanol–water partition coefficient (Wildman–Crippen LogP) is 3.39. The SMILES string of the molecule is COC(=O)c1ccc(Cl)c(S(=O)(=O)NCc2ccc(OC(C)C)cc2)c1. The van der Waals surface area contributed by atoms with Crippen molar-refractivity contribution in [1.82, 2.24) is 4.72 Å². The summed E-state index contributed by atoms with van der Waals surface area (Å²) in [6.07, 6.45) is 0.0589. The fourth-order valence-corrected chi connectivity index (χ4v) is 3.71. The number of esters is 1. The van der Waals surface area contributed by atoms with Gasteiger partial charge in [-0.15, -0.1) is 0 Å². The van der Waals surface area contributed by atoms with Crippen molar-refractivity contribution < 1.29 is 22.7 Å². The maximum absolute atomic E-state index is 12.5. The number of ether oxygens (including phenoxy) is 2. The molecular formula is C18H20ClNO5S. The highest BCUT2D eigenvalue weighted by atomic mass is 35.5. The van der Waals surface area contributed by atoms with Gasteiger partial charge >= 0.3 is 5.97 Å². The van der Waals surface area contributed by atoms with Gasteiger partial charge in [-0.05, 0) is 49.7 Å². The summed E-state index contributed by atoms with van der Waals surface area (Å²) in [4.78, 5) is 11.4. The van der Waals surface area contributed by atoms with Crippen molar-refractivity contribution in [2.45, 2.75) is 31.4 Å². The van der Waals surface area contributed by atoms with Crippen LogP contribution in [0.2, 0.25) is 5.02 Å². The average Bonchev–Trinajstić information content (AvgIpc) is 2.60. The van der Waals surface area contributed by atoms with Gasteiger partial charge in [0.25, 0.3) is 0 Å². The van der Waals surface area contributed by atoms with Crippen LogP contribution in [0.15, 0.2) is 47.4 Å². The molecule has 2 aromatic carbocycles. The van der Waals surface area contributed by atoms with Crippen LogP contribution in [0.5, 0.6) is 5.75 Å². The number of benzene rings is 2. The van der Waals surface area contributed by atoms with Crippen molar-refractivity contribution in [2.75, 3.05) is 7.11 Å². The molecule has 0 fully saturated rings. The minimum Gasteiger partial charge on any atom is -0.491 e. The van der Waals surface area contributed by atoms with E-state index in [0.717, 1.165) is 5.56 Å². The Morgan fingerprint density at radius 1 is 1.15 bits per heavy atom. The van der Waals surface area contributed by atoms with Crippen LogP contribution >= 0.6 is 11.6 Å². The number of nitrogens with one attached hydrogen (secondary N) is 1. The van der Waals surface area contributed by atoms with Crippen molar-refractivity contribution in [2.24, 2.45) is 0 Å². The van der Waals surface area contributed by atoms with Gasteiger partial charge in [-0.2, -0.15) is 0 Å². The van der Waals surface area contributed by atoms with Crippen LogP contribution in [0.25, 0.3) is 0 Å². The number of carbonyl (C=O) groups excluding carboxylic acids is 1. The molecule has 8 heteroatoms. The summed E-state index contributed by atoms with van der Waals surface area (Å²) in [5, 5.41) is 0.0193. The minimum atomic E-state index is -3.90. The second kappa shape index (κ2) is 8.53. The monoisotopic (exact) mass is 397 g/mol. The summed E-state index contributed by atoms with van der Waals surface area (Å²) < 4.78 is 37.7. The number of carbonyl (C=O) groups is 1. The van der Waals surface area contributed by atoms with Gasteiger partial charge in [-0.25, -0.2) is 17.9 Å². The van der Waals surface area contributed by atoms with Crippen molar-refractivity contribution in [3.63, 3.8) is 0 Å². The smallest absolute Gasteiger partial charge is 0.337 e. The molecule has 0 heterocycles. The highest BCUT2D eigenvalue weighted by Gasteiger charge is 2.20. The Morgan fingerprint density at radius 2 is 1.81 bits per heavy atom. The third-order valence-corrected chi connectivity index (χ3v) is 5.29. The summed E-state index contributed by atoms with van der Waals surface area (Å²) >= 11 is 5.99. The van der Waals surface area contributed by atoms with E-state index in [1.807, 2.05) is 13.8 Å².